The van der Waals surface area contributed by atoms with Gasteiger partial charge in [-0.3, -0.25) is 4.79 Å². The standard InChI is InChI=1S/C15H22N2O2/c1-11-10-19-12(2)9-17(11)15(18)8-14(16)13-6-4-3-5-7-13/h3-7,11-12,14H,8-10,16H2,1-2H3/t11-,12+,14-/m0/s1. The minimum absolute atomic E-state index is 0.105. The minimum Gasteiger partial charge on any atom is -0.375 e. The molecule has 4 heteroatoms. The number of morpholine rings is 1. The highest BCUT2D eigenvalue weighted by Crippen LogP contribution is 2.18. The number of amides is 1. The van der Waals surface area contributed by atoms with Gasteiger partial charge in [-0.15, -0.1) is 0 Å². The molecular formula is C15H22N2O2. The molecule has 1 heterocycles. The minimum atomic E-state index is -0.237. The number of hydrogen-bond donors (Lipinski definition) is 1. The molecule has 1 aliphatic heterocycles. The van der Waals surface area contributed by atoms with E-state index in [1.807, 2.05) is 49.1 Å². The molecule has 0 aromatic heterocycles. The quantitative estimate of drug-likeness (QED) is 0.902. The van der Waals surface area contributed by atoms with E-state index < -0.39 is 0 Å². The van der Waals surface area contributed by atoms with E-state index in [9.17, 15) is 4.79 Å². The van der Waals surface area contributed by atoms with Crippen LogP contribution in [0.1, 0.15) is 31.9 Å². The molecule has 0 aliphatic carbocycles. The Bertz CT molecular complexity index is 421. The second-order valence-electron chi connectivity index (χ2n) is 5.26. The molecule has 2 N–H and O–H groups in total. The van der Waals surface area contributed by atoms with Crippen LogP contribution in [0.3, 0.4) is 0 Å². The first-order valence-corrected chi connectivity index (χ1v) is 6.79. The fraction of sp³-hybridized carbons (Fsp3) is 0.533. The summed E-state index contributed by atoms with van der Waals surface area (Å²) < 4.78 is 5.53. The molecule has 2 rings (SSSR count). The van der Waals surface area contributed by atoms with Crippen LogP contribution in [-0.2, 0) is 9.53 Å². The summed E-state index contributed by atoms with van der Waals surface area (Å²) in [6.07, 6.45) is 0.453. The van der Waals surface area contributed by atoms with Gasteiger partial charge >= 0.3 is 0 Å². The van der Waals surface area contributed by atoms with Gasteiger partial charge in [0.05, 0.1) is 18.8 Å². The first-order valence-electron chi connectivity index (χ1n) is 6.79. The molecule has 4 nitrogen and oxygen atoms in total. The Morgan fingerprint density at radius 1 is 1.42 bits per heavy atom. The van der Waals surface area contributed by atoms with Crippen LogP contribution >= 0.6 is 0 Å². The van der Waals surface area contributed by atoms with Gasteiger partial charge in [-0.05, 0) is 19.4 Å². The van der Waals surface area contributed by atoms with Crippen molar-refractivity contribution in [3.05, 3.63) is 35.9 Å². The molecule has 1 saturated heterocycles. The van der Waals surface area contributed by atoms with E-state index in [1.165, 1.54) is 0 Å². The molecule has 0 radical (unpaired) electrons. The smallest absolute Gasteiger partial charge is 0.224 e. The van der Waals surface area contributed by atoms with Gasteiger partial charge in [-0.1, -0.05) is 30.3 Å². The number of carbonyl (C=O) groups is 1. The van der Waals surface area contributed by atoms with Gasteiger partial charge in [0, 0.05) is 19.0 Å². The first-order chi connectivity index (χ1) is 9.08. The van der Waals surface area contributed by atoms with Crippen LogP contribution < -0.4 is 5.73 Å². The van der Waals surface area contributed by atoms with E-state index in [0.29, 0.717) is 19.6 Å². The van der Waals surface area contributed by atoms with Gasteiger partial charge in [0.25, 0.3) is 0 Å². The number of ether oxygens (including phenoxy) is 1. The zero-order valence-corrected chi connectivity index (χ0v) is 11.6. The Hall–Kier alpha value is -1.39. The number of nitrogens with zero attached hydrogens (tertiary/aromatic N) is 1. The van der Waals surface area contributed by atoms with Crippen molar-refractivity contribution in [3.8, 4) is 0 Å². The van der Waals surface area contributed by atoms with Crippen molar-refractivity contribution in [2.24, 2.45) is 5.73 Å². The maximum atomic E-state index is 12.3. The van der Waals surface area contributed by atoms with Crippen molar-refractivity contribution >= 4 is 5.91 Å². The Labute approximate surface area is 114 Å². The molecule has 0 spiro atoms. The van der Waals surface area contributed by atoms with Gasteiger partial charge in [0.1, 0.15) is 0 Å². The third-order valence-electron chi connectivity index (χ3n) is 3.55. The highest BCUT2D eigenvalue weighted by Gasteiger charge is 2.28. The summed E-state index contributed by atoms with van der Waals surface area (Å²) in [4.78, 5) is 14.2. The van der Waals surface area contributed by atoms with E-state index in [2.05, 4.69) is 0 Å². The molecule has 1 amide bonds. The summed E-state index contributed by atoms with van der Waals surface area (Å²) in [5, 5.41) is 0. The molecule has 1 aromatic carbocycles. The van der Waals surface area contributed by atoms with E-state index in [-0.39, 0.29) is 24.1 Å². The molecule has 1 aromatic rings. The molecule has 0 saturated carbocycles. The third-order valence-corrected chi connectivity index (χ3v) is 3.55. The summed E-state index contributed by atoms with van der Waals surface area (Å²) >= 11 is 0. The molecule has 19 heavy (non-hydrogen) atoms. The highest BCUT2D eigenvalue weighted by molar-refractivity contribution is 5.77. The van der Waals surface area contributed by atoms with Crippen molar-refractivity contribution in [1.29, 1.82) is 0 Å². The highest BCUT2D eigenvalue weighted by atomic mass is 16.5. The van der Waals surface area contributed by atoms with Crippen molar-refractivity contribution in [1.82, 2.24) is 4.90 Å². The third kappa shape index (κ3) is 3.55. The van der Waals surface area contributed by atoms with E-state index in [1.54, 1.807) is 0 Å². The van der Waals surface area contributed by atoms with Gasteiger partial charge in [-0.25, -0.2) is 0 Å². The first kappa shape index (κ1) is 14.0. The number of carbonyl (C=O) groups excluding carboxylic acids is 1. The topological polar surface area (TPSA) is 55.6 Å². The molecule has 1 aliphatic rings. The molecule has 3 atom stereocenters. The Morgan fingerprint density at radius 3 is 2.79 bits per heavy atom. The lowest BCUT2D eigenvalue weighted by atomic mass is 10.0. The summed E-state index contributed by atoms with van der Waals surface area (Å²) in [6, 6.07) is 9.65. The van der Waals surface area contributed by atoms with E-state index in [0.717, 1.165) is 5.56 Å². The second-order valence-corrected chi connectivity index (χ2v) is 5.26. The van der Waals surface area contributed by atoms with Crippen molar-refractivity contribution < 1.29 is 9.53 Å². The molecule has 1 fully saturated rings. The van der Waals surface area contributed by atoms with Crippen LogP contribution in [0.4, 0.5) is 0 Å². The fourth-order valence-electron chi connectivity index (χ4n) is 2.37. The SMILES string of the molecule is C[C@@H]1CN(C(=O)C[C@H](N)c2ccccc2)[C@@H](C)CO1. The number of rotatable bonds is 3. The lowest BCUT2D eigenvalue weighted by Crippen LogP contribution is -2.50. The van der Waals surface area contributed by atoms with Gasteiger partial charge in [-0.2, -0.15) is 0 Å². The van der Waals surface area contributed by atoms with Crippen molar-refractivity contribution in [2.75, 3.05) is 13.2 Å². The summed E-state index contributed by atoms with van der Waals surface area (Å²) in [7, 11) is 0. The normalized spacial score (nSPS) is 25.1. The predicted octanol–water partition coefficient (Wildman–Crippen LogP) is 1.71. The summed E-state index contributed by atoms with van der Waals surface area (Å²) in [6.45, 7) is 5.26. The molecule has 0 unspecified atom stereocenters. The number of benzene rings is 1. The van der Waals surface area contributed by atoms with Crippen LogP contribution in [0.15, 0.2) is 30.3 Å². The Morgan fingerprint density at radius 2 is 2.11 bits per heavy atom. The zero-order chi connectivity index (χ0) is 13.8. The number of nitrogens with two attached hydrogens (primary N) is 1. The Kier molecular flexibility index (Phi) is 4.56. The average Bonchev–Trinajstić information content (AvgIpc) is 2.42. The summed E-state index contributed by atoms with van der Waals surface area (Å²) in [5.41, 5.74) is 7.11. The maximum absolute atomic E-state index is 12.3. The number of hydrogen-bond acceptors (Lipinski definition) is 3. The average molecular weight is 262 g/mol. The predicted molar refractivity (Wildman–Crippen MR) is 74.6 cm³/mol. The van der Waals surface area contributed by atoms with Crippen LogP contribution in [0.5, 0.6) is 0 Å². The summed E-state index contributed by atoms with van der Waals surface area (Å²) in [5.74, 6) is 0.110. The Balaban J connectivity index is 1.96. The molecule has 104 valence electrons. The monoisotopic (exact) mass is 262 g/mol. The van der Waals surface area contributed by atoms with Crippen LogP contribution in [0.25, 0.3) is 0 Å². The van der Waals surface area contributed by atoms with Crippen LogP contribution in [0.2, 0.25) is 0 Å². The largest absolute Gasteiger partial charge is 0.375 e. The van der Waals surface area contributed by atoms with Crippen molar-refractivity contribution in [2.45, 2.75) is 38.5 Å². The van der Waals surface area contributed by atoms with E-state index in [4.69, 9.17) is 10.5 Å². The van der Waals surface area contributed by atoms with Crippen LogP contribution in [-0.4, -0.2) is 36.1 Å². The second kappa shape index (κ2) is 6.17. The van der Waals surface area contributed by atoms with E-state index >= 15 is 0 Å². The maximum Gasteiger partial charge on any atom is 0.224 e. The lowest BCUT2D eigenvalue weighted by molar-refractivity contribution is -0.143. The molecular weight excluding hydrogens is 240 g/mol. The van der Waals surface area contributed by atoms with Crippen molar-refractivity contribution in [3.63, 3.8) is 0 Å². The zero-order valence-electron chi connectivity index (χ0n) is 11.6. The lowest BCUT2D eigenvalue weighted by Gasteiger charge is -2.37. The molecule has 0 bridgehead atoms. The van der Waals surface area contributed by atoms with Gasteiger partial charge in [0.15, 0.2) is 0 Å². The fourth-order valence-corrected chi connectivity index (χ4v) is 2.37. The van der Waals surface area contributed by atoms with Gasteiger partial charge in [0.2, 0.25) is 5.91 Å². The van der Waals surface area contributed by atoms with Crippen LogP contribution in [0, 0.1) is 0 Å². The van der Waals surface area contributed by atoms with Gasteiger partial charge < -0.3 is 15.4 Å².